The van der Waals surface area contributed by atoms with Crippen LogP contribution in [0, 0.1) is 0 Å². The van der Waals surface area contributed by atoms with E-state index in [1.807, 2.05) is 44.2 Å². The monoisotopic (exact) mass is 433 g/mol. The molecule has 8 heteroatoms. The van der Waals surface area contributed by atoms with Gasteiger partial charge in [0.15, 0.2) is 0 Å². The maximum atomic E-state index is 12.5. The number of methoxy groups -OCH3 is 1. The average molecular weight is 434 g/mol. The number of benzene rings is 2. The Labute approximate surface area is 177 Å². The zero-order valence-corrected chi connectivity index (χ0v) is 18.4. The zero-order chi connectivity index (χ0) is 21.9. The van der Waals surface area contributed by atoms with Crippen LogP contribution < -0.4 is 9.47 Å². The zero-order valence-electron chi connectivity index (χ0n) is 17.6. The minimum Gasteiger partial charge on any atom is -0.489 e. The van der Waals surface area contributed by atoms with Crippen LogP contribution in [0.5, 0.6) is 11.5 Å². The van der Waals surface area contributed by atoms with Gasteiger partial charge in [-0.05, 0) is 37.6 Å². The van der Waals surface area contributed by atoms with E-state index in [9.17, 15) is 13.2 Å². The Bertz CT molecular complexity index is 1000. The Balaban J connectivity index is 1.95. The summed E-state index contributed by atoms with van der Waals surface area (Å²) in [6, 6.07) is 14.5. The van der Waals surface area contributed by atoms with Gasteiger partial charge in [0.05, 0.1) is 19.4 Å². The van der Waals surface area contributed by atoms with Crippen molar-refractivity contribution in [3.63, 3.8) is 0 Å². The van der Waals surface area contributed by atoms with Crippen molar-refractivity contribution in [2.24, 2.45) is 0 Å². The van der Waals surface area contributed by atoms with Crippen LogP contribution in [0.25, 0.3) is 0 Å². The molecule has 2 aromatic rings. The molecular formula is C22H27NO6S. The summed E-state index contributed by atoms with van der Waals surface area (Å²) in [5.74, 6) is 0.544. The fourth-order valence-electron chi connectivity index (χ4n) is 3.53. The van der Waals surface area contributed by atoms with E-state index in [0.29, 0.717) is 30.1 Å². The van der Waals surface area contributed by atoms with Crippen LogP contribution in [-0.4, -0.2) is 44.2 Å². The van der Waals surface area contributed by atoms with E-state index < -0.39 is 27.6 Å². The van der Waals surface area contributed by atoms with Gasteiger partial charge >= 0.3 is 5.97 Å². The van der Waals surface area contributed by atoms with E-state index in [1.165, 1.54) is 11.4 Å². The summed E-state index contributed by atoms with van der Waals surface area (Å²) in [7, 11) is -2.46. The summed E-state index contributed by atoms with van der Waals surface area (Å²) in [6.07, 6.45) is 1.47. The molecule has 0 N–H and O–H groups in total. The van der Waals surface area contributed by atoms with Crippen LogP contribution in [0.4, 0.5) is 0 Å². The second kappa shape index (κ2) is 8.65. The maximum Gasteiger partial charge on any atom is 0.321 e. The molecule has 7 nitrogen and oxygen atoms in total. The number of carbonyl (C=O) groups is 1. The van der Waals surface area contributed by atoms with Crippen molar-refractivity contribution in [2.75, 3.05) is 19.9 Å². The number of rotatable bonds is 7. The third-order valence-electron chi connectivity index (χ3n) is 4.95. The summed E-state index contributed by atoms with van der Waals surface area (Å²) >= 11 is 0. The highest BCUT2D eigenvalue weighted by atomic mass is 32.2. The van der Waals surface area contributed by atoms with Crippen molar-refractivity contribution in [2.45, 2.75) is 38.5 Å². The van der Waals surface area contributed by atoms with Gasteiger partial charge in [0.25, 0.3) is 0 Å². The Morgan fingerprint density at radius 1 is 1.20 bits per heavy atom. The molecule has 0 amide bonds. The standard InChI is InChI=1S/C22H27NO6S/c1-22(2)13-19(23(30(4,25)26)14-21(24)27-3)18-12-17(10-11-20(18)29-22)28-15-16-8-6-5-7-9-16/h5-12,19H,13-15H2,1-4H3. The molecular weight excluding hydrogens is 406 g/mol. The summed E-state index contributed by atoms with van der Waals surface area (Å²) in [5.41, 5.74) is 1.07. The van der Waals surface area contributed by atoms with Crippen molar-refractivity contribution in [1.29, 1.82) is 0 Å². The lowest BCUT2D eigenvalue weighted by atomic mass is 9.89. The molecule has 0 fully saturated rings. The normalized spacial score (nSPS) is 17.7. The van der Waals surface area contributed by atoms with Crippen molar-refractivity contribution in [3.8, 4) is 11.5 Å². The van der Waals surface area contributed by atoms with E-state index in [0.717, 1.165) is 11.8 Å². The molecule has 162 valence electrons. The fraction of sp³-hybridized carbons (Fsp3) is 0.409. The molecule has 0 saturated carbocycles. The van der Waals surface area contributed by atoms with Gasteiger partial charge in [-0.25, -0.2) is 8.42 Å². The van der Waals surface area contributed by atoms with Gasteiger partial charge in [-0.1, -0.05) is 30.3 Å². The number of esters is 1. The van der Waals surface area contributed by atoms with Gasteiger partial charge in [-0.15, -0.1) is 0 Å². The molecule has 0 saturated heterocycles. The van der Waals surface area contributed by atoms with E-state index in [-0.39, 0.29) is 6.54 Å². The molecule has 2 aromatic carbocycles. The maximum absolute atomic E-state index is 12.5. The smallest absolute Gasteiger partial charge is 0.321 e. The van der Waals surface area contributed by atoms with Crippen molar-refractivity contribution in [1.82, 2.24) is 4.31 Å². The molecule has 30 heavy (non-hydrogen) atoms. The Morgan fingerprint density at radius 2 is 1.90 bits per heavy atom. The molecule has 1 heterocycles. The van der Waals surface area contributed by atoms with Crippen LogP contribution in [0.1, 0.15) is 37.4 Å². The Kier molecular flexibility index (Phi) is 6.38. The summed E-state index contributed by atoms with van der Waals surface area (Å²) in [5, 5.41) is 0. The molecule has 0 spiro atoms. The quantitative estimate of drug-likeness (QED) is 0.623. The van der Waals surface area contributed by atoms with Crippen LogP contribution >= 0.6 is 0 Å². The molecule has 0 bridgehead atoms. The number of ether oxygens (including phenoxy) is 3. The topological polar surface area (TPSA) is 82.1 Å². The lowest BCUT2D eigenvalue weighted by molar-refractivity contribution is -0.141. The largest absolute Gasteiger partial charge is 0.489 e. The highest BCUT2D eigenvalue weighted by Crippen LogP contribution is 2.44. The Hall–Kier alpha value is -2.58. The van der Waals surface area contributed by atoms with Gasteiger partial charge in [0, 0.05) is 12.0 Å². The Morgan fingerprint density at radius 3 is 2.53 bits per heavy atom. The third-order valence-corrected chi connectivity index (χ3v) is 6.18. The van der Waals surface area contributed by atoms with Crippen molar-refractivity contribution < 1.29 is 27.4 Å². The predicted molar refractivity (Wildman–Crippen MR) is 113 cm³/mol. The highest BCUT2D eigenvalue weighted by Gasteiger charge is 2.41. The van der Waals surface area contributed by atoms with E-state index in [2.05, 4.69) is 0 Å². The average Bonchev–Trinajstić information content (AvgIpc) is 2.69. The molecule has 1 unspecified atom stereocenters. The minimum atomic E-state index is -3.69. The molecule has 1 atom stereocenters. The summed E-state index contributed by atoms with van der Waals surface area (Å²) in [6.45, 7) is 3.79. The first-order chi connectivity index (χ1) is 14.1. The molecule has 0 aliphatic carbocycles. The van der Waals surface area contributed by atoms with Gasteiger partial charge in [0.1, 0.15) is 30.3 Å². The van der Waals surface area contributed by atoms with E-state index >= 15 is 0 Å². The van der Waals surface area contributed by atoms with Gasteiger partial charge < -0.3 is 14.2 Å². The molecule has 0 aromatic heterocycles. The number of carbonyl (C=O) groups excluding carboxylic acids is 1. The van der Waals surface area contributed by atoms with Gasteiger partial charge in [-0.3, -0.25) is 4.79 Å². The van der Waals surface area contributed by atoms with Crippen LogP contribution in [0.2, 0.25) is 0 Å². The van der Waals surface area contributed by atoms with E-state index in [1.54, 1.807) is 18.2 Å². The minimum absolute atomic E-state index is 0.370. The van der Waals surface area contributed by atoms with Crippen molar-refractivity contribution in [3.05, 3.63) is 59.7 Å². The molecule has 1 aliphatic heterocycles. The van der Waals surface area contributed by atoms with E-state index in [4.69, 9.17) is 14.2 Å². The number of sulfonamides is 1. The van der Waals surface area contributed by atoms with Gasteiger partial charge in [-0.2, -0.15) is 4.31 Å². The SMILES string of the molecule is COC(=O)CN(C1CC(C)(C)Oc2ccc(OCc3ccccc3)cc21)S(C)(=O)=O. The second-order valence-corrected chi connectivity index (χ2v) is 9.87. The predicted octanol–water partition coefficient (Wildman–Crippen LogP) is 3.30. The van der Waals surface area contributed by atoms with Crippen LogP contribution in [0.15, 0.2) is 48.5 Å². The first-order valence-corrected chi connectivity index (χ1v) is 11.5. The third kappa shape index (κ3) is 5.31. The van der Waals surface area contributed by atoms with Crippen molar-refractivity contribution >= 4 is 16.0 Å². The fourth-order valence-corrected chi connectivity index (χ4v) is 4.52. The molecule has 3 rings (SSSR count). The number of nitrogens with zero attached hydrogens (tertiary/aromatic N) is 1. The van der Waals surface area contributed by atoms with Crippen LogP contribution in [0.3, 0.4) is 0 Å². The second-order valence-electron chi connectivity index (χ2n) is 7.94. The first kappa shape index (κ1) is 22.1. The summed E-state index contributed by atoms with van der Waals surface area (Å²) in [4.78, 5) is 11.9. The lowest BCUT2D eigenvalue weighted by Crippen LogP contribution is -2.45. The van der Waals surface area contributed by atoms with Gasteiger partial charge in [0.2, 0.25) is 10.0 Å². The first-order valence-electron chi connectivity index (χ1n) is 9.62. The number of hydrogen-bond donors (Lipinski definition) is 0. The highest BCUT2D eigenvalue weighted by molar-refractivity contribution is 7.88. The molecule has 0 radical (unpaired) electrons. The number of hydrogen-bond acceptors (Lipinski definition) is 6. The number of fused-ring (bicyclic) bond motifs is 1. The molecule has 1 aliphatic rings. The van der Waals surface area contributed by atoms with Crippen LogP contribution in [-0.2, 0) is 26.2 Å². The lowest BCUT2D eigenvalue weighted by Gasteiger charge is -2.41. The summed E-state index contributed by atoms with van der Waals surface area (Å²) < 4.78 is 43.0.